The fourth-order valence-corrected chi connectivity index (χ4v) is 1.11. The summed E-state index contributed by atoms with van der Waals surface area (Å²) in [7, 11) is 0. The zero-order chi connectivity index (χ0) is 11.8. The molecule has 0 aromatic heterocycles. The summed E-state index contributed by atoms with van der Waals surface area (Å²) in [4.78, 5) is 21.3. The summed E-state index contributed by atoms with van der Waals surface area (Å²) in [5, 5.41) is 11.1. The average molecular weight is 238 g/mol. The average Bonchev–Trinajstić information content (AvgIpc) is 2.15. The molecule has 0 saturated carbocycles. The Morgan fingerprint density at radius 3 is 2.47 bits per heavy atom. The molecule has 7 nitrogen and oxygen atoms in total. The Hall–Kier alpha value is -0.830. The molecule has 15 heavy (non-hydrogen) atoms. The summed E-state index contributed by atoms with van der Waals surface area (Å²) in [6.45, 7) is 0.537. The lowest BCUT2D eigenvalue weighted by Crippen LogP contribution is -2.39. The van der Waals surface area contributed by atoms with E-state index in [1.54, 1.807) is 0 Å². The number of Topliss-reactive ketones (excluding diaryl/α,β-unsaturated/α-hetero) is 1. The molecule has 5 N–H and O–H groups in total. The van der Waals surface area contributed by atoms with Crippen molar-refractivity contribution < 1.29 is 23.5 Å². The van der Waals surface area contributed by atoms with Gasteiger partial charge in [-0.2, -0.15) is 0 Å². The number of ketones is 1. The van der Waals surface area contributed by atoms with Gasteiger partial charge in [0.15, 0.2) is 22.9 Å². The highest BCUT2D eigenvalue weighted by molar-refractivity contribution is 7.79. The molecule has 0 aliphatic rings. The highest BCUT2D eigenvalue weighted by Gasteiger charge is 2.19. The third kappa shape index (κ3) is 7.14. The maximum absolute atomic E-state index is 11.0. The minimum absolute atomic E-state index is 0.00840. The zero-order valence-electron chi connectivity index (χ0n) is 8.01. The molecule has 0 aromatic carbocycles. The molecule has 0 rings (SSSR count). The van der Waals surface area contributed by atoms with Crippen LogP contribution in [0.3, 0.4) is 0 Å². The SMILES string of the molecule is N[C@H](C(=O)O)C(=O)CCNCCS(=O)O. The first-order valence-corrected chi connectivity index (χ1v) is 5.52. The number of nitrogens with one attached hydrogen (secondary N) is 1. The molecule has 0 fully saturated rings. The van der Waals surface area contributed by atoms with Gasteiger partial charge < -0.3 is 20.7 Å². The van der Waals surface area contributed by atoms with E-state index in [1.165, 1.54) is 0 Å². The number of hydrogen-bond acceptors (Lipinski definition) is 5. The molecule has 0 radical (unpaired) electrons. The van der Waals surface area contributed by atoms with Crippen molar-refractivity contribution in [1.82, 2.24) is 5.32 Å². The molecule has 0 aliphatic heterocycles. The van der Waals surface area contributed by atoms with Crippen molar-refractivity contribution in [3.8, 4) is 0 Å². The van der Waals surface area contributed by atoms with Gasteiger partial charge in [-0.1, -0.05) is 0 Å². The molecule has 2 atom stereocenters. The second-order valence-electron chi connectivity index (χ2n) is 2.81. The molecule has 1 unspecified atom stereocenters. The first-order valence-electron chi connectivity index (χ1n) is 4.24. The molecule has 0 spiro atoms. The van der Waals surface area contributed by atoms with Crippen LogP contribution in [0.25, 0.3) is 0 Å². The lowest BCUT2D eigenvalue weighted by atomic mass is 10.1. The Kier molecular flexibility index (Phi) is 7.05. The highest BCUT2D eigenvalue weighted by atomic mass is 32.2. The highest BCUT2D eigenvalue weighted by Crippen LogP contribution is 1.88. The van der Waals surface area contributed by atoms with Crippen LogP contribution in [-0.4, -0.2) is 50.5 Å². The van der Waals surface area contributed by atoms with Crippen molar-refractivity contribution in [3.63, 3.8) is 0 Å². The summed E-state index contributed by atoms with van der Waals surface area (Å²) >= 11 is -1.86. The van der Waals surface area contributed by atoms with Crippen molar-refractivity contribution >= 4 is 22.8 Å². The predicted octanol–water partition coefficient (Wildman–Crippen LogP) is -1.83. The van der Waals surface area contributed by atoms with Gasteiger partial charge in [0.1, 0.15) is 0 Å². The Labute approximate surface area is 89.3 Å². The molecule has 0 saturated heterocycles. The van der Waals surface area contributed by atoms with Gasteiger partial charge in [-0.15, -0.1) is 0 Å². The van der Waals surface area contributed by atoms with Crippen molar-refractivity contribution in [2.45, 2.75) is 12.5 Å². The normalized spacial score (nSPS) is 14.5. The van der Waals surface area contributed by atoms with Crippen LogP contribution in [0, 0.1) is 0 Å². The number of hydrogen-bond donors (Lipinski definition) is 4. The van der Waals surface area contributed by atoms with Gasteiger partial charge in [0.2, 0.25) is 0 Å². The predicted molar refractivity (Wildman–Crippen MR) is 53.7 cm³/mol. The lowest BCUT2D eigenvalue weighted by Gasteiger charge is -2.05. The third-order valence-corrected chi connectivity index (χ3v) is 2.17. The van der Waals surface area contributed by atoms with Gasteiger partial charge in [0, 0.05) is 19.5 Å². The second-order valence-corrected chi connectivity index (χ2v) is 3.86. The lowest BCUT2D eigenvalue weighted by molar-refractivity contribution is -0.142. The fourth-order valence-electron chi connectivity index (χ4n) is 0.789. The third-order valence-electron chi connectivity index (χ3n) is 1.61. The quantitative estimate of drug-likeness (QED) is 0.222. The monoisotopic (exact) mass is 238 g/mol. The van der Waals surface area contributed by atoms with Crippen molar-refractivity contribution in [2.24, 2.45) is 5.73 Å². The van der Waals surface area contributed by atoms with Crippen LogP contribution in [-0.2, 0) is 20.7 Å². The molecule has 0 amide bonds. The molecule has 0 heterocycles. The minimum Gasteiger partial charge on any atom is -0.480 e. The standard InChI is InChI=1S/C7H14N2O5S/c8-6(7(11)12)5(10)1-2-9-3-4-15(13)14/h6,9H,1-4,8H2,(H,11,12)(H,13,14)/t6-/m0/s1. The van der Waals surface area contributed by atoms with Crippen molar-refractivity contribution in [3.05, 3.63) is 0 Å². The Morgan fingerprint density at radius 2 is 2.00 bits per heavy atom. The number of carbonyl (C=O) groups is 2. The minimum atomic E-state index is -1.86. The van der Waals surface area contributed by atoms with Crippen LogP contribution in [0.4, 0.5) is 0 Å². The van der Waals surface area contributed by atoms with Crippen LogP contribution < -0.4 is 11.1 Å². The van der Waals surface area contributed by atoms with Gasteiger partial charge in [-0.05, 0) is 0 Å². The number of nitrogens with two attached hydrogens (primary N) is 1. The first-order chi connectivity index (χ1) is 6.95. The Bertz CT molecular complexity index is 258. The van der Waals surface area contributed by atoms with E-state index in [0.717, 1.165) is 0 Å². The van der Waals surface area contributed by atoms with Crippen LogP contribution in [0.2, 0.25) is 0 Å². The van der Waals surface area contributed by atoms with E-state index < -0.39 is 28.9 Å². The number of carbonyl (C=O) groups excluding carboxylic acids is 1. The number of carboxylic acids is 1. The molecule has 8 heteroatoms. The van der Waals surface area contributed by atoms with E-state index in [4.69, 9.17) is 15.4 Å². The number of carboxylic acid groups (broad SMARTS) is 1. The molecular weight excluding hydrogens is 224 g/mol. The fraction of sp³-hybridized carbons (Fsp3) is 0.714. The summed E-state index contributed by atoms with van der Waals surface area (Å²) in [6.07, 6.45) is -0.00840. The first kappa shape index (κ1) is 14.2. The molecule has 0 bridgehead atoms. The van der Waals surface area contributed by atoms with Crippen LogP contribution in [0.1, 0.15) is 6.42 Å². The van der Waals surface area contributed by atoms with E-state index in [9.17, 15) is 13.8 Å². The van der Waals surface area contributed by atoms with E-state index in [1.807, 2.05) is 0 Å². The van der Waals surface area contributed by atoms with Gasteiger partial charge >= 0.3 is 5.97 Å². The van der Waals surface area contributed by atoms with Crippen molar-refractivity contribution in [2.75, 3.05) is 18.8 Å². The summed E-state index contributed by atoms with van der Waals surface area (Å²) < 4.78 is 18.6. The van der Waals surface area contributed by atoms with E-state index in [0.29, 0.717) is 6.54 Å². The van der Waals surface area contributed by atoms with E-state index in [-0.39, 0.29) is 18.7 Å². The smallest absolute Gasteiger partial charge is 0.328 e. The Balaban J connectivity index is 3.55. The zero-order valence-corrected chi connectivity index (χ0v) is 8.83. The molecule has 88 valence electrons. The maximum Gasteiger partial charge on any atom is 0.328 e. The van der Waals surface area contributed by atoms with Gasteiger partial charge in [0.05, 0.1) is 5.75 Å². The maximum atomic E-state index is 11.0. The molecule has 0 aromatic rings. The van der Waals surface area contributed by atoms with Crippen LogP contribution >= 0.6 is 0 Å². The van der Waals surface area contributed by atoms with Gasteiger partial charge in [0.25, 0.3) is 0 Å². The topological polar surface area (TPSA) is 130 Å². The van der Waals surface area contributed by atoms with Gasteiger partial charge in [-0.3, -0.25) is 9.59 Å². The van der Waals surface area contributed by atoms with E-state index in [2.05, 4.69) is 5.32 Å². The Morgan fingerprint density at radius 1 is 1.40 bits per heavy atom. The van der Waals surface area contributed by atoms with Crippen LogP contribution in [0.5, 0.6) is 0 Å². The number of rotatable bonds is 8. The van der Waals surface area contributed by atoms with E-state index >= 15 is 0 Å². The van der Waals surface area contributed by atoms with Crippen molar-refractivity contribution in [1.29, 1.82) is 0 Å². The largest absolute Gasteiger partial charge is 0.480 e. The molecular formula is C7H14N2O5S. The molecule has 0 aliphatic carbocycles. The summed E-state index contributed by atoms with van der Waals surface area (Å²) in [5.41, 5.74) is 5.06. The number of aliphatic carboxylic acids is 1. The second kappa shape index (κ2) is 7.46. The summed E-state index contributed by atoms with van der Waals surface area (Å²) in [6, 6.07) is -1.49. The van der Waals surface area contributed by atoms with Crippen LogP contribution in [0.15, 0.2) is 0 Å². The van der Waals surface area contributed by atoms with Gasteiger partial charge in [-0.25, -0.2) is 4.21 Å². The summed E-state index contributed by atoms with van der Waals surface area (Å²) in [5.74, 6) is -1.85.